The van der Waals surface area contributed by atoms with Crippen LogP contribution in [-0.4, -0.2) is 37.6 Å². The fourth-order valence-corrected chi connectivity index (χ4v) is 3.53. The third-order valence-electron chi connectivity index (χ3n) is 5.29. The predicted octanol–water partition coefficient (Wildman–Crippen LogP) is 7.13. The van der Waals surface area contributed by atoms with E-state index in [9.17, 15) is 4.79 Å². The van der Waals surface area contributed by atoms with Crippen LogP contribution in [-0.2, 0) is 9.53 Å². The number of carbonyl (C=O) groups is 1. The molecule has 0 fully saturated rings. The van der Waals surface area contributed by atoms with Gasteiger partial charge in [-0.2, -0.15) is 0 Å². The molecule has 0 aromatic carbocycles. The molecule has 27 heavy (non-hydrogen) atoms. The van der Waals surface area contributed by atoms with Crippen molar-refractivity contribution < 1.29 is 9.53 Å². The molecule has 0 aliphatic heterocycles. The van der Waals surface area contributed by atoms with Crippen LogP contribution in [0.4, 0.5) is 0 Å². The van der Waals surface area contributed by atoms with Gasteiger partial charge in [0.25, 0.3) is 0 Å². The molecule has 0 aromatic heterocycles. The van der Waals surface area contributed by atoms with E-state index < -0.39 is 0 Å². The third-order valence-corrected chi connectivity index (χ3v) is 5.29. The van der Waals surface area contributed by atoms with Gasteiger partial charge in [-0.15, -0.1) is 0 Å². The molecule has 1 unspecified atom stereocenters. The van der Waals surface area contributed by atoms with Gasteiger partial charge in [-0.1, -0.05) is 84.5 Å². The first-order valence-electron chi connectivity index (χ1n) is 11.9. The summed E-state index contributed by atoms with van der Waals surface area (Å²) in [5, 5.41) is 0. The standard InChI is InChI=1S/C24H49NO2/c1-5-7-9-11-12-13-15-17-20-23(19-16-14-10-8-6-2)27-24(26)21-18-22-25(3)4/h23H,5-22H2,1-4H3. The number of ether oxygens (including phenoxy) is 1. The first kappa shape index (κ1) is 26.4. The molecular formula is C24H49NO2. The second kappa shape index (κ2) is 20.2. The third kappa shape index (κ3) is 20.0. The van der Waals surface area contributed by atoms with Crippen molar-refractivity contribution in [1.82, 2.24) is 4.90 Å². The van der Waals surface area contributed by atoms with E-state index in [0.29, 0.717) is 6.42 Å². The van der Waals surface area contributed by atoms with Gasteiger partial charge >= 0.3 is 5.97 Å². The molecule has 0 heterocycles. The van der Waals surface area contributed by atoms with Gasteiger partial charge < -0.3 is 9.64 Å². The van der Waals surface area contributed by atoms with E-state index >= 15 is 0 Å². The Balaban J connectivity index is 3.99. The van der Waals surface area contributed by atoms with Crippen molar-refractivity contribution >= 4 is 5.97 Å². The maximum Gasteiger partial charge on any atom is 0.306 e. The van der Waals surface area contributed by atoms with Crippen molar-refractivity contribution in [1.29, 1.82) is 0 Å². The second-order valence-electron chi connectivity index (χ2n) is 8.49. The maximum absolute atomic E-state index is 12.2. The number of carbonyl (C=O) groups excluding carboxylic acids is 1. The van der Waals surface area contributed by atoms with Gasteiger partial charge in [-0.05, 0) is 52.7 Å². The lowest BCUT2D eigenvalue weighted by atomic mass is 10.0. The highest BCUT2D eigenvalue weighted by molar-refractivity contribution is 5.69. The van der Waals surface area contributed by atoms with E-state index in [1.54, 1.807) is 0 Å². The Kier molecular flexibility index (Phi) is 19.7. The van der Waals surface area contributed by atoms with Gasteiger partial charge in [0, 0.05) is 6.42 Å². The number of rotatable bonds is 20. The highest BCUT2D eigenvalue weighted by atomic mass is 16.5. The number of hydrogen-bond donors (Lipinski definition) is 0. The Morgan fingerprint density at radius 1 is 0.704 bits per heavy atom. The summed E-state index contributed by atoms with van der Waals surface area (Å²) in [7, 11) is 4.10. The van der Waals surface area contributed by atoms with Crippen LogP contribution in [0.25, 0.3) is 0 Å². The molecule has 0 aromatic rings. The fraction of sp³-hybridized carbons (Fsp3) is 0.958. The number of unbranched alkanes of at least 4 members (excludes halogenated alkanes) is 11. The van der Waals surface area contributed by atoms with Gasteiger partial charge in [0.15, 0.2) is 0 Å². The molecule has 162 valence electrons. The Bertz CT molecular complexity index is 318. The van der Waals surface area contributed by atoms with Gasteiger partial charge in [0.1, 0.15) is 6.10 Å². The van der Waals surface area contributed by atoms with Crippen LogP contribution in [0.3, 0.4) is 0 Å². The van der Waals surface area contributed by atoms with Crippen molar-refractivity contribution in [3.63, 3.8) is 0 Å². The lowest BCUT2D eigenvalue weighted by Crippen LogP contribution is -2.20. The molecule has 0 aliphatic rings. The highest BCUT2D eigenvalue weighted by Crippen LogP contribution is 2.17. The molecule has 0 saturated heterocycles. The maximum atomic E-state index is 12.2. The van der Waals surface area contributed by atoms with Crippen LogP contribution in [0, 0.1) is 0 Å². The average molecular weight is 384 g/mol. The fourth-order valence-electron chi connectivity index (χ4n) is 3.53. The van der Waals surface area contributed by atoms with Crippen molar-refractivity contribution in [2.45, 2.75) is 129 Å². The van der Waals surface area contributed by atoms with E-state index in [0.717, 1.165) is 25.8 Å². The number of hydrogen-bond acceptors (Lipinski definition) is 3. The van der Waals surface area contributed by atoms with Crippen molar-refractivity contribution in [2.75, 3.05) is 20.6 Å². The van der Waals surface area contributed by atoms with Crippen LogP contribution in [0.5, 0.6) is 0 Å². The summed E-state index contributed by atoms with van der Waals surface area (Å²) in [4.78, 5) is 14.3. The molecule has 1 atom stereocenters. The topological polar surface area (TPSA) is 29.5 Å². The summed E-state index contributed by atoms with van der Waals surface area (Å²) >= 11 is 0. The zero-order valence-electron chi connectivity index (χ0n) is 19.1. The van der Waals surface area contributed by atoms with E-state index in [1.165, 1.54) is 83.5 Å². The van der Waals surface area contributed by atoms with E-state index in [4.69, 9.17) is 4.74 Å². The minimum absolute atomic E-state index is 0.00924. The lowest BCUT2D eigenvalue weighted by Gasteiger charge is -2.18. The molecule has 0 bridgehead atoms. The van der Waals surface area contributed by atoms with Crippen molar-refractivity contribution in [3.05, 3.63) is 0 Å². The first-order chi connectivity index (χ1) is 13.1. The smallest absolute Gasteiger partial charge is 0.306 e. The summed E-state index contributed by atoms with van der Waals surface area (Å²) in [6, 6.07) is 0. The molecule has 3 heteroatoms. The number of esters is 1. The molecule has 0 N–H and O–H groups in total. The Labute approximate surface area is 170 Å². The highest BCUT2D eigenvalue weighted by Gasteiger charge is 2.14. The minimum Gasteiger partial charge on any atom is -0.462 e. The zero-order chi connectivity index (χ0) is 20.2. The average Bonchev–Trinajstić information content (AvgIpc) is 2.63. The predicted molar refractivity (Wildman–Crippen MR) is 118 cm³/mol. The summed E-state index contributed by atoms with van der Waals surface area (Å²) < 4.78 is 5.84. The molecule has 0 rings (SSSR count). The Morgan fingerprint density at radius 2 is 1.15 bits per heavy atom. The summed E-state index contributed by atoms with van der Waals surface area (Å²) in [6.45, 7) is 5.47. The largest absolute Gasteiger partial charge is 0.462 e. The molecule has 0 saturated carbocycles. The van der Waals surface area contributed by atoms with Gasteiger partial charge in [-0.3, -0.25) is 4.79 Å². The quantitative estimate of drug-likeness (QED) is 0.165. The van der Waals surface area contributed by atoms with Crippen LogP contribution < -0.4 is 0 Å². The Morgan fingerprint density at radius 3 is 1.59 bits per heavy atom. The second-order valence-corrected chi connectivity index (χ2v) is 8.49. The van der Waals surface area contributed by atoms with E-state index in [1.807, 2.05) is 14.1 Å². The van der Waals surface area contributed by atoms with E-state index in [2.05, 4.69) is 18.7 Å². The summed E-state index contributed by atoms with van der Waals surface area (Å²) in [5.74, 6) is 0.00924. The van der Waals surface area contributed by atoms with Gasteiger partial charge in [0.2, 0.25) is 0 Å². The lowest BCUT2D eigenvalue weighted by molar-refractivity contribution is -0.150. The molecule has 0 spiro atoms. The SMILES string of the molecule is CCCCCCCCCCC(CCCCCCC)OC(=O)CCCN(C)C. The van der Waals surface area contributed by atoms with Crippen LogP contribution in [0.2, 0.25) is 0 Å². The van der Waals surface area contributed by atoms with Gasteiger partial charge in [0.05, 0.1) is 0 Å². The summed E-state index contributed by atoms with van der Waals surface area (Å²) in [6.07, 6.45) is 20.8. The minimum atomic E-state index is 0.00924. The normalized spacial score (nSPS) is 12.5. The first-order valence-corrected chi connectivity index (χ1v) is 11.9. The van der Waals surface area contributed by atoms with E-state index in [-0.39, 0.29) is 12.1 Å². The van der Waals surface area contributed by atoms with Crippen LogP contribution in [0.15, 0.2) is 0 Å². The van der Waals surface area contributed by atoms with Crippen LogP contribution >= 0.6 is 0 Å². The van der Waals surface area contributed by atoms with Crippen molar-refractivity contribution in [2.24, 2.45) is 0 Å². The molecule has 3 nitrogen and oxygen atoms in total. The zero-order valence-corrected chi connectivity index (χ0v) is 19.1. The molecule has 0 amide bonds. The molecule has 0 aliphatic carbocycles. The monoisotopic (exact) mass is 383 g/mol. The Hall–Kier alpha value is -0.570. The number of nitrogens with zero attached hydrogens (tertiary/aromatic N) is 1. The van der Waals surface area contributed by atoms with Crippen molar-refractivity contribution in [3.8, 4) is 0 Å². The molecular weight excluding hydrogens is 334 g/mol. The van der Waals surface area contributed by atoms with Crippen LogP contribution in [0.1, 0.15) is 123 Å². The molecule has 0 radical (unpaired) electrons. The van der Waals surface area contributed by atoms with Gasteiger partial charge in [-0.25, -0.2) is 0 Å². The summed E-state index contributed by atoms with van der Waals surface area (Å²) in [5.41, 5.74) is 0.